The summed E-state index contributed by atoms with van der Waals surface area (Å²) >= 11 is 1.47. The number of hydrogen-bond donors (Lipinski definition) is 0. The Balaban J connectivity index is 1.87. The summed E-state index contributed by atoms with van der Waals surface area (Å²) < 4.78 is 26.7. The quantitative estimate of drug-likeness (QED) is 0.617. The summed E-state index contributed by atoms with van der Waals surface area (Å²) in [5, 5.41) is 12.3. The number of nitrogens with zero attached hydrogens (tertiary/aromatic N) is 3. The van der Waals surface area contributed by atoms with Crippen LogP contribution in [0.1, 0.15) is 51.0 Å². The van der Waals surface area contributed by atoms with E-state index in [1.807, 2.05) is 19.2 Å². The summed E-state index contributed by atoms with van der Waals surface area (Å²) in [5.41, 5.74) is 3.56. The number of allylic oxidation sites excluding steroid dienone is 2. The van der Waals surface area contributed by atoms with Crippen LogP contribution in [0.2, 0.25) is 0 Å². The van der Waals surface area contributed by atoms with Crippen molar-refractivity contribution in [1.82, 2.24) is 9.29 Å². The number of thiazole rings is 1. The normalized spacial score (nSPS) is 14.9. The van der Waals surface area contributed by atoms with Gasteiger partial charge in [-0.3, -0.25) is 0 Å². The van der Waals surface area contributed by atoms with E-state index in [2.05, 4.69) is 11.1 Å². The van der Waals surface area contributed by atoms with Crippen LogP contribution < -0.4 is 0 Å². The van der Waals surface area contributed by atoms with E-state index in [1.165, 1.54) is 27.6 Å². The lowest BCUT2D eigenvalue weighted by molar-refractivity contribution is 0.445. The van der Waals surface area contributed by atoms with Crippen LogP contribution in [-0.2, 0) is 10.0 Å². The van der Waals surface area contributed by atoms with E-state index in [0.29, 0.717) is 13.1 Å². The molecule has 0 saturated heterocycles. The molecule has 0 amide bonds. The van der Waals surface area contributed by atoms with Crippen LogP contribution in [0.4, 0.5) is 0 Å². The summed E-state index contributed by atoms with van der Waals surface area (Å²) in [6, 6.07) is 9.19. The number of aromatic nitrogens is 1. The van der Waals surface area contributed by atoms with E-state index < -0.39 is 10.0 Å². The minimum Gasteiger partial charge on any atom is -0.235 e. The van der Waals surface area contributed by atoms with E-state index in [-0.39, 0.29) is 4.90 Å². The molecule has 0 unspecified atom stereocenters. The summed E-state index contributed by atoms with van der Waals surface area (Å²) in [7, 11) is -3.46. The Kier molecular flexibility index (Phi) is 6.65. The van der Waals surface area contributed by atoms with Gasteiger partial charge in [0.2, 0.25) is 10.0 Å². The van der Waals surface area contributed by atoms with Gasteiger partial charge in [-0.25, -0.2) is 13.4 Å². The molecule has 1 aromatic heterocycles. The molecule has 28 heavy (non-hydrogen) atoms. The van der Waals surface area contributed by atoms with Crippen LogP contribution in [0.3, 0.4) is 0 Å². The van der Waals surface area contributed by atoms with E-state index in [4.69, 9.17) is 0 Å². The third kappa shape index (κ3) is 4.19. The van der Waals surface area contributed by atoms with E-state index in [0.717, 1.165) is 47.5 Å². The van der Waals surface area contributed by atoms with Gasteiger partial charge in [-0.15, -0.1) is 11.3 Å². The van der Waals surface area contributed by atoms with Gasteiger partial charge >= 0.3 is 0 Å². The summed E-state index contributed by atoms with van der Waals surface area (Å²) in [5.74, 6) is 0. The van der Waals surface area contributed by atoms with Gasteiger partial charge in [-0.2, -0.15) is 9.57 Å². The van der Waals surface area contributed by atoms with Crippen molar-refractivity contribution < 1.29 is 8.42 Å². The lowest BCUT2D eigenvalue weighted by atomic mass is 9.91. The second-order valence-corrected chi connectivity index (χ2v) is 9.60. The highest BCUT2D eigenvalue weighted by Gasteiger charge is 2.21. The second kappa shape index (κ2) is 8.99. The first kappa shape index (κ1) is 20.7. The summed E-state index contributed by atoms with van der Waals surface area (Å²) in [4.78, 5) is 4.95. The van der Waals surface area contributed by atoms with Gasteiger partial charge in [0.25, 0.3) is 0 Å². The number of rotatable bonds is 6. The van der Waals surface area contributed by atoms with Crippen molar-refractivity contribution in [2.75, 3.05) is 13.1 Å². The Morgan fingerprint density at radius 2 is 1.79 bits per heavy atom. The molecular formula is C21H25N3O2S2. The zero-order valence-corrected chi connectivity index (χ0v) is 17.9. The molecule has 1 aliphatic carbocycles. The predicted octanol–water partition coefficient (Wildman–Crippen LogP) is 5.08. The van der Waals surface area contributed by atoms with Crippen LogP contribution in [0.25, 0.3) is 16.8 Å². The highest BCUT2D eigenvalue weighted by molar-refractivity contribution is 7.89. The maximum absolute atomic E-state index is 12.6. The molecule has 1 saturated carbocycles. The van der Waals surface area contributed by atoms with Crippen LogP contribution >= 0.6 is 11.3 Å². The van der Waals surface area contributed by atoms with Crippen molar-refractivity contribution >= 4 is 26.9 Å². The molecule has 1 aromatic carbocycles. The van der Waals surface area contributed by atoms with Crippen LogP contribution in [0, 0.1) is 11.3 Å². The Morgan fingerprint density at radius 1 is 1.14 bits per heavy atom. The number of nitriles is 1. The van der Waals surface area contributed by atoms with Crippen molar-refractivity contribution in [1.29, 1.82) is 5.26 Å². The van der Waals surface area contributed by atoms with Crippen molar-refractivity contribution in [3.05, 3.63) is 40.2 Å². The molecule has 1 heterocycles. The Hall–Kier alpha value is -2.01. The van der Waals surface area contributed by atoms with Crippen molar-refractivity contribution in [2.24, 2.45) is 0 Å². The largest absolute Gasteiger partial charge is 0.243 e. The summed E-state index contributed by atoms with van der Waals surface area (Å²) in [6.07, 6.45) is 5.47. The van der Waals surface area contributed by atoms with Crippen LogP contribution in [0.5, 0.6) is 0 Å². The monoisotopic (exact) mass is 415 g/mol. The predicted molar refractivity (Wildman–Crippen MR) is 113 cm³/mol. The molecule has 5 nitrogen and oxygen atoms in total. The lowest BCUT2D eigenvalue weighted by Gasteiger charge is -2.18. The molecule has 2 aromatic rings. The molecule has 0 spiro atoms. The zero-order valence-electron chi connectivity index (χ0n) is 16.3. The highest BCUT2D eigenvalue weighted by Crippen LogP contribution is 2.33. The maximum atomic E-state index is 12.6. The molecule has 1 fully saturated rings. The van der Waals surface area contributed by atoms with Crippen LogP contribution in [-0.4, -0.2) is 30.8 Å². The van der Waals surface area contributed by atoms with Gasteiger partial charge in [-0.1, -0.05) is 32.4 Å². The van der Waals surface area contributed by atoms with Gasteiger partial charge in [0.1, 0.15) is 11.1 Å². The van der Waals surface area contributed by atoms with Crippen molar-refractivity contribution in [2.45, 2.75) is 50.8 Å². The van der Waals surface area contributed by atoms with Gasteiger partial charge in [0, 0.05) is 24.0 Å². The highest BCUT2D eigenvalue weighted by atomic mass is 32.2. The number of hydrogen-bond acceptors (Lipinski definition) is 5. The fraction of sp³-hybridized carbons (Fsp3) is 0.429. The molecule has 0 N–H and O–H groups in total. The third-order valence-electron chi connectivity index (χ3n) is 5.13. The van der Waals surface area contributed by atoms with Crippen LogP contribution in [0.15, 0.2) is 40.1 Å². The topological polar surface area (TPSA) is 74.1 Å². The molecule has 0 radical (unpaired) electrons. The first-order chi connectivity index (χ1) is 13.5. The van der Waals surface area contributed by atoms with Gasteiger partial charge in [0.05, 0.1) is 16.2 Å². The minimum absolute atomic E-state index is 0.289. The smallest absolute Gasteiger partial charge is 0.235 e. The zero-order chi connectivity index (χ0) is 20.1. The van der Waals surface area contributed by atoms with Gasteiger partial charge < -0.3 is 0 Å². The fourth-order valence-electron chi connectivity index (χ4n) is 3.54. The average molecular weight is 416 g/mol. The molecular weight excluding hydrogens is 390 g/mol. The van der Waals surface area contributed by atoms with Gasteiger partial charge in [0.15, 0.2) is 0 Å². The van der Waals surface area contributed by atoms with Crippen molar-refractivity contribution in [3.8, 4) is 17.3 Å². The van der Waals surface area contributed by atoms with E-state index in [9.17, 15) is 13.7 Å². The molecule has 1 aliphatic rings. The first-order valence-corrected chi connectivity index (χ1v) is 12.0. The number of benzene rings is 1. The van der Waals surface area contributed by atoms with E-state index in [1.54, 1.807) is 24.3 Å². The SMILES string of the molecule is CCN(CC)S(=O)(=O)c1ccc(-c2csc(C(C#N)=C3CCCCC3)n2)cc1. The number of sulfonamides is 1. The Morgan fingerprint density at radius 3 is 2.36 bits per heavy atom. The van der Waals surface area contributed by atoms with Crippen molar-refractivity contribution in [3.63, 3.8) is 0 Å². The average Bonchev–Trinajstić information content (AvgIpc) is 3.20. The maximum Gasteiger partial charge on any atom is 0.243 e. The molecule has 0 atom stereocenters. The molecule has 7 heteroatoms. The standard InChI is InChI=1S/C21H25N3O2S2/c1-3-24(4-2)28(25,26)18-12-10-17(11-13-18)20-15-27-21(23-20)19(14-22)16-8-6-5-7-9-16/h10-13,15H,3-9H2,1-2H3. The minimum atomic E-state index is -3.46. The summed E-state index contributed by atoms with van der Waals surface area (Å²) in [6.45, 7) is 4.56. The fourth-order valence-corrected chi connectivity index (χ4v) is 5.87. The van der Waals surface area contributed by atoms with Gasteiger partial charge in [-0.05, 0) is 43.4 Å². The molecule has 0 bridgehead atoms. The molecule has 148 valence electrons. The lowest BCUT2D eigenvalue weighted by Crippen LogP contribution is -2.30. The molecule has 0 aliphatic heterocycles. The van der Waals surface area contributed by atoms with E-state index >= 15 is 0 Å². The third-order valence-corrected chi connectivity index (χ3v) is 8.06. The Labute approximate surface area is 171 Å². The molecule has 3 rings (SSSR count). The Bertz CT molecular complexity index is 987. The second-order valence-electron chi connectivity index (χ2n) is 6.80. The first-order valence-electron chi connectivity index (χ1n) is 9.69.